The lowest BCUT2D eigenvalue weighted by Gasteiger charge is -2.23. The average molecular weight is 282 g/mol. The standard InChI is InChI=1S/C14H26N4O2/c1-5-6-18-11(2)15-16-14(18)9-17-8-13(20-4)7-12(17)10-19-3/h12-13H,5-10H2,1-4H3/t12-,13+/m0/s1. The first kappa shape index (κ1) is 15.4. The van der Waals surface area contributed by atoms with Gasteiger partial charge in [-0.25, -0.2) is 0 Å². The summed E-state index contributed by atoms with van der Waals surface area (Å²) in [4.78, 5) is 2.40. The van der Waals surface area contributed by atoms with Crippen LogP contribution in [-0.2, 0) is 22.6 Å². The number of rotatable bonds is 7. The van der Waals surface area contributed by atoms with Gasteiger partial charge in [-0.15, -0.1) is 10.2 Å². The third-order valence-corrected chi connectivity index (χ3v) is 3.99. The van der Waals surface area contributed by atoms with Crippen LogP contribution >= 0.6 is 0 Å². The Morgan fingerprint density at radius 2 is 2.10 bits per heavy atom. The molecule has 0 amide bonds. The Balaban J connectivity index is 2.07. The maximum atomic E-state index is 5.50. The van der Waals surface area contributed by atoms with Gasteiger partial charge in [-0.1, -0.05) is 6.92 Å². The van der Waals surface area contributed by atoms with E-state index < -0.39 is 0 Å². The molecule has 0 N–H and O–H groups in total. The number of likely N-dealkylation sites (tertiary alicyclic amines) is 1. The van der Waals surface area contributed by atoms with Gasteiger partial charge in [-0.2, -0.15) is 0 Å². The molecule has 1 aromatic heterocycles. The van der Waals surface area contributed by atoms with Crippen LogP contribution in [0.15, 0.2) is 0 Å². The summed E-state index contributed by atoms with van der Waals surface area (Å²) in [6.07, 6.45) is 2.40. The number of aryl methyl sites for hydroxylation is 1. The summed E-state index contributed by atoms with van der Waals surface area (Å²) in [6, 6.07) is 0.400. The van der Waals surface area contributed by atoms with E-state index in [1.807, 2.05) is 6.92 Å². The molecule has 0 saturated carbocycles. The van der Waals surface area contributed by atoms with Crippen LogP contribution < -0.4 is 0 Å². The molecule has 6 nitrogen and oxygen atoms in total. The summed E-state index contributed by atoms with van der Waals surface area (Å²) >= 11 is 0. The Hall–Kier alpha value is -0.980. The highest BCUT2D eigenvalue weighted by molar-refractivity contribution is 4.97. The number of nitrogens with zero attached hydrogens (tertiary/aromatic N) is 4. The van der Waals surface area contributed by atoms with Crippen molar-refractivity contribution < 1.29 is 9.47 Å². The molecular weight excluding hydrogens is 256 g/mol. The summed E-state index contributed by atoms with van der Waals surface area (Å²) in [6.45, 7) is 7.65. The highest BCUT2D eigenvalue weighted by atomic mass is 16.5. The molecule has 1 aromatic rings. The van der Waals surface area contributed by atoms with Crippen molar-refractivity contribution in [2.24, 2.45) is 0 Å². The number of hydrogen-bond acceptors (Lipinski definition) is 5. The van der Waals surface area contributed by atoms with Crippen molar-refractivity contribution in [3.8, 4) is 0 Å². The quantitative estimate of drug-likeness (QED) is 0.753. The Morgan fingerprint density at radius 1 is 1.30 bits per heavy atom. The van der Waals surface area contributed by atoms with Crippen LogP contribution in [0.25, 0.3) is 0 Å². The van der Waals surface area contributed by atoms with Gasteiger partial charge in [0.25, 0.3) is 0 Å². The molecule has 114 valence electrons. The minimum absolute atomic E-state index is 0.291. The molecule has 0 bridgehead atoms. The van der Waals surface area contributed by atoms with Crippen LogP contribution in [0.1, 0.15) is 31.4 Å². The van der Waals surface area contributed by atoms with Crippen molar-refractivity contribution in [1.29, 1.82) is 0 Å². The van der Waals surface area contributed by atoms with Gasteiger partial charge < -0.3 is 14.0 Å². The fourth-order valence-corrected chi connectivity index (χ4v) is 2.91. The number of methoxy groups -OCH3 is 2. The van der Waals surface area contributed by atoms with Gasteiger partial charge >= 0.3 is 0 Å². The fourth-order valence-electron chi connectivity index (χ4n) is 2.91. The first-order chi connectivity index (χ1) is 9.69. The molecule has 0 spiro atoms. The number of ether oxygens (including phenoxy) is 2. The predicted octanol–water partition coefficient (Wildman–Crippen LogP) is 1.23. The van der Waals surface area contributed by atoms with E-state index in [0.29, 0.717) is 12.1 Å². The van der Waals surface area contributed by atoms with Crippen molar-refractivity contribution in [2.75, 3.05) is 27.4 Å². The van der Waals surface area contributed by atoms with E-state index in [-0.39, 0.29) is 0 Å². The van der Waals surface area contributed by atoms with Crippen molar-refractivity contribution in [2.45, 2.75) is 51.9 Å². The van der Waals surface area contributed by atoms with E-state index in [4.69, 9.17) is 9.47 Å². The zero-order valence-electron chi connectivity index (χ0n) is 13.0. The molecule has 20 heavy (non-hydrogen) atoms. The molecule has 1 aliphatic rings. The van der Waals surface area contributed by atoms with Crippen molar-refractivity contribution in [3.63, 3.8) is 0 Å². The molecule has 0 unspecified atom stereocenters. The van der Waals surface area contributed by atoms with E-state index in [9.17, 15) is 0 Å². The molecule has 0 aliphatic carbocycles. The number of aromatic nitrogens is 3. The fraction of sp³-hybridized carbons (Fsp3) is 0.857. The summed E-state index contributed by atoms with van der Waals surface area (Å²) in [5.41, 5.74) is 0. The van der Waals surface area contributed by atoms with E-state index in [1.54, 1.807) is 14.2 Å². The lowest BCUT2D eigenvalue weighted by atomic mass is 10.2. The minimum Gasteiger partial charge on any atom is -0.383 e. The Bertz CT molecular complexity index is 421. The van der Waals surface area contributed by atoms with Gasteiger partial charge in [-0.05, 0) is 19.8 Å². The Labute approximate surface area is 121 Å². The topological polar surface area (TPSA) is 52.4 Å². The van der Waals surface area contributed by atoms with E-state index in [2.05, 4.69) is 26.6 Å². The molecule has 2 heterocycles. The molecule has 1 saturated heterocycles. The first-order valence-corrected chi connectivity index (χ1v) is 7.34. The maximum absolute atomic E-state index is 5.50. The van der Waals surface area contributed by atoms with Gasteiger partial charge in [0.15, 0.2) is 0 Å². The highest BCUT2D eigenvalue weighted by Crippen LogP contribution is 2.22. The second-order valence-electron chi connectivity index (χ2n) is 5.45. The zero-order valence-corrected chi connectivity index (χ0v) is 13.0. The molecule has 0 aromatic carbocycles. The van der Waals surface area contributed by atoms with E-state index in [1.165, 1.54) is 0 Å². The second-order valence-corrected chi connectivity index (χ2v) is 5.45. The number of hydrogen-bond donors (Lipinski definition) is 0. The SMILES string of the molecule is CCCn1c(C)nnc1CN1C[C@H](OC)C[C@H]1COC. The third kappa shape index (κ3) is 3.37. The van der Waals surface area contributed by atoms with E-state index in [0.717, 1.165) is 50.7 Å². The Morgan fingerprint density at radius 3 is 2.75 bits per heavy atom. The highest BCUT2D eigenvalue weighted by Gasteiger charge is 2.33. The molecular formula is C14H26N4O2. The molecule has 6 heteroatoms. The van der Waals surface area contributed by atoms with Crippen LogP contribution in [0.3, 0.4) is 0 Å². The normalized spacial score (nSPS) is 23.6. The van der Waals surface area contributed by atoms with Gasteiger partial charge in [0.2, 0.25) is 0 Å². The average Bonchev–Trinajstić information content (AvgIpc) is 2.98. The first-order valence-electron chi connectivity index (χ1n) is 7.34. The van der Waals surface area contributed by atoms with Gasteiger partial charge in [0.05, 0.1) is 19.3 Å². The van der Waals surface area contributed by atoms with Crippen molar-refractivity contribution in [1.82, 2.24) is 19.7 Å². The van der Waals surface area contributed by atoms with E-state index >= 15 is 0 Å². The van der Waals surface area contributed by atoms with Gasteiger partial charge in [0, 0.05) is 33.4 Å². The summed E-state index contributed by atoms with van der Waals surface area (Å²) in [5.74, 6) is 2.04. The summed E-state index contributed by atoms with van der Waals surface area (Å²) in [7, 11) is 3.53. The largest absolute Gasteiger partial charge is 0.383 e. The predicted molar refractivity (Wildman–Crippen MR) is 76.5 cm³/mol. The molecule has 1 fully saturated rings. The lowest BCUT2D eigenvalue weighted by molar-refractivity contribution is 0.104. The second kappa shape index (κ2) is 7.15. The van der Waals surface area contributed by atoms with Gasteiger partial charge in [0.1, 0.15) is 11.6 Å². The molecule has 2 rings (SSSR count). The van der Waals surface area contributed by atoms with Crippen LogP contribution in [0, 0.1) is 6.92 Å². The summed E-state index contributed by atoms with van der Waals surface area (Å²) in [5, 5.41) is 8.54. The van der Waals surface area contributed by atoms with Crippen LogP contribution in [0.4, 0.5) is 0 Å². The van der Waals surface area contributed by atoms with Crippen molar-refractivity contribution in [3.05, 3.63) is 11.6 Å². The smallest absolute Gasteiger partial charge is 0.147 e. The molecule has 1 aliphatic heterocycles. The van der Waals surface area contributed by atoms with Crippen LogP contribution in [0.5, 0.6) is 0 Å². The maximum Gasteiger partial charge on any atom is 0.147 e. The molecule has 2 atom stereocenters. The summed E-state index contributed by atoms with van der Waals surface area (Å²) < 4.78 is 13.0. The zero-order chi connectivity index (χ0) is 14.5. The minimum atomic E-state index is 0.291. The monoisotopic (exact) mass is 282 g/mol. The van der Waals surface area contributed by atoms with Crippen LogP contribution in [-0.4, -0.2) is 59.2 Å². The van der Waals surface area contributed by atoms with Crippen LogP contribution in [0.2, 0.25) is 0 Å². The van der Waals surface area contributed by atoms with Gasteiger partial charge in [-0.3, -0.25) is 4.90 Å². The molecule has 0 radical (unpaired) electrons. The third-order valence-electron chi connectivity index (χ3n) is 3.99. The lowest BCUT2D eigenvalue weighted by Crippen LogP contribution is -2.33. The van der Waals surface area contributed by atoms with Crippen molar-refractivity contribution >= 4 is 0 Å². The Kier molecular flexibility index (Phi) is 5.51.